The number of aromatic hydroxyl groups is 1. The molecule has 4 N–H and O–H groups in total. The van der Waals surface area contributed by atoms with E-state index >= 15 is 0 Å². The van der Waals surface area contributed by atoms with Crippen molar-refractivity contribution < 1.29 is 23.1 Å². The number of nitrogens with one attached hydrogen (secondary N) is 1. The molecular formula is C10H14N2O5S. The van der Waals surface area contributed by atoms with Crippen LogP contribution in [0.3, 0.4) is 0 Å². The zero-order chi connectivity index (χ0) is 13.8. The number of hydrogen-bond acceptors (Lipinski definition) is 5. The number of carbonyl (C=O) groups is 1. The van der Waals surface area contributed by atoms with Crippen molar-refractivity contribution in [2.24, 2.45) is 5.14 Å². The fourth-order valence-electron chi connectivity index (χ4n) is 1.23. The van der Waals surface area contributed by atoms with Crippen molar-refractivity contribution >= 4 is 15.9 Å². The normalized spacial score (nSPS) is 11.0. The second kappa shape index (κ2) is 5.69. The minimum atomic E-state index is -3.63. The number of ether oxygens (including phenoxy) is 1. The van der Waals surface area contributed by atoms with E-state index in [9.17, 15) is 18.3 Å². The zero-order valence-corrected chi connectivity index (χ0v) is 10.5. The van der Waals surface area contributed by atoms with Gasteiger partial charge in [-0.1, -0.05) is 0 Å². The maximum atomic E-state index is 11.7. The van der Waals surface area contributed by atoms with E-state index in [2.05, 4.69) is 5.32 Å². The van der Waals surface area contributed by atoms with E-state index in [1.165, 1.54) is 25.3 Å². The van der Waals surface area contributed by atoms with Crippen LogP contribution >= 0.6 is 0 Å². The molecule has 1 amide bonds. The van der Waals surface area contributed by atoms with Gasteiger partial charge in [-0.3, -0.25) is 4.79 Å². The summed E-state index contributed by atoms with van der Waals surface area (Å²) in [4.78, 5) is 11.7. The maximum absolute atomic E-state index is 11.7. The first-order chi connectivity index (χ1) is 8.33. The van der Waals surface area contributed by atoms with Crippen LogP contribution in [0.4, 0.5) is 0 Å². The number of amides is 1. The van der Waals surface area contributed by atoms with E-state index in [1.807, 2.05) is 0 Å². The molecule has 1 aromatic rings. The van der Waals surface area contributed by atoms with E-state index < -0.39 is 15.9 Å². The Balaban J connectivity index is 2.72. The molecule has 0 unspecified atom stereocenters. The maximum Gasteiger partial charge on any atom is 0.255 e. The second-order valence-corrected chi connectivity index (χ2v) is 5.24. The van der Waals surface area contributed by atoms with Gasteiger partial charge in [-0.2, -0.15) is 0 Å². The number of carbonyl (C=O) groups excluding carboxylic acids is 1. The molecule has 0 aliphatic carbocycles. The van der Waals surface area contributed by atoms with Gasteiger partial charge in [0.25, 0.3) is 5.91 Å². The molecule has 0 radical (unpaired) electrons. The summed E-state index contributed by atoms with van der Waals surface area (Å²) >= 11 is 0. The minimum Gasteiger partial charge on any atom is -0.507 e. The zero-order valence-electron chi connectivity index (χ0n) is 9.71. The molecule has 7 nitrogen and oxygen atoms in total. The highest BCUT2D eigenvalue weighted by molar-refractivity contribution is 7.89. The third-order valence-electron chi connectivity index (χ3n) is 2.12. The molecule has 100 valence electrons. The third kappa shape index (κ3) is 4.22. The number of rotatable bonds is 5. The van der Waals surface area contributed by atoms with E-state index in [-0.39, 0.29) is 23.6 Å². The molecule has 18 heavy (non-hydrogen) atoms. The van der Waals surface area contributed by atoms with Crippen LogP contribution in [-0.4, -0.2) is 38.8 Å². The van der Waals surface area contributed by atoms with Crippen LogP contribution in [0.5, 0.6) is 11.5 Å². The first-order valence-electron chi connectivity index (χ1n) is 4.99. The highest BCUT2D eigenvalue weighted by atomic mass is 32.2. The van der Waals surface area contributed by atoms with Gasteiger partial charge in [-0.05, 0) is 18.2 Å². The summed E-state index contributed by atoms with van der Waals surface area (Å²) in [5.74, 6) is -0.785. The summed E-state index contributed by atoms with van der Waals surface area (Å²) < 4.78 is 26.3. The molecule has 0 spiro atoms. The smallest absolute Gasteiger partial charge is 0.255 e. The monoisotopic (exact) mass is 274 g/mol. The molecule has 8 heteroatoms. The van der Waals surface area contributed by atoms with Crippen LogP contribution in [0.25, 0.3) is 0 Å². The molecule has 1 rings (SSSR count). The molecule has 0 aromatic heterocycles. The molecule has 0 aliphatic rings. The Hall–Kier alpha value is -1.80. The standard InChI is InChI=1S/C10H14N2O5S/c1-17-7-2-3-9(13)8(6-7)10(14)12-4-5-18(11,15)16/h2-3,6,13H,4-5H2,1H3,(H,12,14)(H2,11,15,16). The second-order valence-electron chi connectivity index (χ2n) is 3.51. The van der Waals surface area contributed by atoms with Crippen LogP contribution < -0.4 is 15.2 Å². The summed E-state index contributed by atoms with van der Waals surface area (Å²) in [6.45, 7) is -0.131. The van der Waals surface area contributed by atoms with Gasteiger partial charge in [0, 0.05) is 6.54 Å². The Kier molecular flexibility index (Phi) is 4.51. The Morgan fingerprint density at radius 2 is 2.17 bits per heavy atom. The Labute approximate surface area is 105 Å². The van der Waals surface area contributed by atoms with Gasteiger partial charge in [0.15, 0.2) is 0 Å². The van der Waals surface area contributed by atoms with Crippen molar-refractivity contribution in [3.05, 3.63) is 23.8 Å². The van der Waals surface area contributed by atoms with Crippen molar-refractivity contribution in [3.63, 3.8) is 0 Å². The van der Waals surface area contributed by atoms with Crippen molar-refractivity contribution in [2.75, 3.05) is 19.4 Å². The lowest BCUT2D eigenvalue weighted by Gasteiger charge is -2.07. The number of phenolic OH excluding ortho intramolecular Hbond substituents is 1. The number of sulfonamides is 1. The van der Waals surface area contributed by atoms with Gasteiger partial charge in [-0.15, -0.1) is 0 Å². The lowest BCUT2D eigenvalue weighted by atomic mass is 10.2. The fraction of sp³-hybridized carbons (Fsp3) is 0.300. The van der Waals surface area contributed by atoms with Gasteiger partial charge >= 0.3 is 0 Å². The van der Waals surface area contributed by atoms with E-state index in [0.29, 0.717) is 5.75 Å². The predicted octanol–water partition coefficient (Wildman–Crippen LogP) is -0.581. The number of nitrogens with two attached hydrogens (primary N) is 1. The molecule has 0 saturated carbocycles. The highest BCUT2D eigenvalue weighted by Crippen LogP contribution is 2.22. The van der Waals surface area contributed by atoms with Crippen molar-refractivity contribution in [1.82, 2.24) is 5.32 Å². The number of primary sulfonamides is 1. The molecule has 0 heterocycles. The molecule has 1 aromatic carbocycles. The molecule has 0 fully saturated rings. The first-order valence-corrected chi connectivity index (χ1v) is 6.70. The minimum absolute atomic E-state index is 0.00349. The van der Waals surface area contributed by atoms with Crippen molar-refractivity contribution in [1.29, 1.82) is 0 Å². The van der Waals surface area contributed by atoms with Crippen LogP contribution in [0, 0.1) is 0 Å². The van der Waals surface area contributed by atoms with Gasteiger partial charge in [0.2, 0.25) is 10.0 Å². The molecule has 0 saturated heterocycles. The summed E-state index contributed by atoms with van der Waals surface area (Å²) in [5.41, 5.74) is 0.00349. The van der Waals surface area contributed by atoms with Crippen LogP contribution in [0.1, 0.15) is 10.4 Å². The summed E-state index contributed by atoms with van der Waals surface area (Å²) in [7, 11) is -2.20. The largest absolute Gasteiger partial charge is 0.507 e. The molecule has 0 aliphatic heterocycles. The lowest BCUT2D eigenvalue weighted by molar-refractivity contribution is 0.0953. The molecular weight excluding hydrogens is 260 g/mol. The topological polar surface area (TPSA) is 119 Å². The molecule has 0 bridgehead atoms. The average molecular weight is 274 g/mol. The number of phenols is 1. The van der Waals surface area contributed by atoms with Gasteiger partial charge in [0.1, 0.15) is 11.5 Å². The Morgan fingerprint density at radius 1 is 1.50 bits per heavy atom. The van der Waals surface area contributed by atoms with Crippen LogP contribution in [0.15, 0.2) is 18.2 Å². The Bertz CT molecular complexity index is 541. The lowest BCUT2D eigenvalue weighted by Crippen LogP contribution is -2.31. The van der Waals surface area contributed by atoms with Crippen molar-refractivity contribution in [3.8, 4) is 11.5 Å². The quantitative estimate of drug-likeness (QED) is 0.663. The first kappa shape index (κ1) is 14.3. The highest BCUT2D eigenvalue weighted by Gasteiger charge is 2.12. The van der Waals surface area contributed by atoms with Gasteiger partial charge < -0.3 is 15.2 Å². The fourth-order valence-corrected chi connectivity index (χ4v) is 1.61. The van der Waals surface area contributed by atoms with E-state index in [4.69, 9.17) is 9.88 Å². The molecule has 0 atom stereocenters. The van der Waals surface area contributed by atoms with E-state index in [1.54, 1.807) is 0 Å². The Morgan fingerprint density at radius 3 is 2.72 bits per heavy atom. The van der Waals surface area contributed by atoms with Crippen molar-refractivity contribution in [2.45, 2.75) is 0 Å². The summed E-state index contributed by atoms with van der Waals surface area (Å²) in [5, 5.41) is 16.6. The average Bonchev–Trinajstić information content (AvgIpc) is 2.27. The van der Waals surface area contributed by atoms with Crippen LogP contribution in [0.2, 0.25) is 0 Å². The number of methoxy groups -OCH3 is 1. The summed E-state index contributed by atoms with van der Waals surface area (Å²) in [6, 6.07) is 4.16. The third-order valence-corrected chi connectivity index (χ3v) is 2.89. The van der Waals surface area contributed by atoms with E-state index in [0.717, 1.165) is 0 Å². The predicted molar refractivity (Wildman–Crippen MR) is 65.0 cm³/mol. The SMILES string of the molecule is COc1ccc(O)c(C(=O)NCCS(N)(=O)=O)c1. The number of benzene rings is 1. The number of hydrogen-bond donors (Lipinski definition) is 3. The van der Waals surface area contributed by atoms with Crippen LogP contribution in [-0.2, 0) is 10.0 Å². The van der Waals surface area contributed by atoms with Gasteiger partial charge in [-0.25, -0.2) is 13.6 Å². The van der Waals surface area contributed by atoms with Gasteiger partial charge in [0.05, 0.1) is 18.4 Å². The summed E-state index contributed by atoms with van der Waals surface area (Å²) in [6.07, 6.45) is 0.